The number of carbonyl (C=O) groups excluding carboxylic acids is 1. The number of thioether (sulfide) groups is 1. The maximum Gasteiger partial charge on any atom is 0.251 e. The molecule has 2 unspecified atom stereocenters. The Hall–Kier alpha value is -0.660. The molecule has 2 atom stereocenters. The van der Waals surface area contributed by atoms with Crippen molar-refractivity contribution in [2.75, 3.05) is 0 Å². The molecule has 1 aliphatic carbocycles. The van der Waals surface area contributed by atoms with E-state index in [1.807, 2.05) is 0 Å². The maximum atomic E-state index is 12.1. The average molecular weight is 442 g/mol. The van der Waals surface area contributed by atoms with Gasteiger partial charge in [-0.2, -0.15) is 0 Å². The van der Waals surface area contributed by atoms with Crippen molar-refractivity contribution in [3.8, 4) is 11.5 Å². The van der Waals surface area contributed by atoms with E-state index in [1.165, 1.54) is 11.8 Å². The first-order chi connectivity index (χ1) is 11.7. The quantitative estimate of drug-likeness (QED) is 0.495. The van der Waals surface area contributed by atoms with Crippen molar-refractivity contribution in [2.24, 2.45) is 11.5 Å². The summed E-state index contributed by atoms with van der Waals surface area (Å²) in [5.74, 6) is -0.305. The molecule has 0 radical (unpaired) electrons. The molecule has 2 aliphatic heterocycles. The normalized spacial score (nSPS) is 30.1. The van der Waals surface area contributed by atoms with Gasteiger partial charge in [0.1, 0.15) is 10.0 Å². The highest BCUT2D eigenvalue weighted by molar-refractivity contribution is 8.04. The van der Waals surface area contributed by atoms with Crippen molar-refractivity contribution in [3.63, 3.8) is 0 Å². The van der Waals surface area contributed by atoms with Crippen LogP contribution < -0.4 is 20.9 Å². The van der Waals surface area contributed by atoms with Crippen molar-refractivity contribution in [3.05, 3.63) is 30.7 Å². The standard InChI is InChI=1S/C15H12Cl4N2O3S/c16-6-7(17)9(19)11-10(8(6)18)23-14-3-1-2-4-15(14,24-11)25-13(21)5(14)12(20)22/h1-4,21H2,(H2,20,22). The molecule has 25 heavy (non-hydrogen) atoms. The Balaban J connectivity index is 1.99. The number of hydrogen-bond donors (Lipinski definition) is 2. The van der Waals surface area contributed by atoms with Gasteiger partial charge in [-0.3, -0.25) is 4.79 Å². The van der Waals surface area contributed by atoms with Crippen molar-refractivity contribution < 1.29 is 14.3 Å². The van der Waals surface area contributed by atoms with Crippen LogP contribution in [0.15, 0.2) is 10.6 Å². The number of benzene rings is 1. The van der Waals surface area contributed by atoms with E-state index in [2.05, 4.69) is 0 Å². The van der Waals surface area contributed by atoms with E-state index in [1.54, 1.807) is 0 Å². The second kappa shape index (κ2) is 5.67. The third kappa shape index (κ3) is 2.15. The molecule has 134 valence electrons. The number of nitrogens with two attached hydrogens (primary N) is 2. The van der Waals surface area contributed by atoms with E-state index in [0.717, 1.165) is 12.8 Å². The predicted molar refractivity (Wildman–Crippen MR) is 99.7 cm³/mol. The van der Waals surface area contributed by atoms with Gasteiger partial charge in [-0.25, -0.2) is 0 Å². The molecule has 5 nitrogen and oxygen atoms in total. The number of fused-ring (bicyclic) bond motifs is 1. The van der Waals surface area contributed by atoms with Crippen molar-refractivity contribution in [2.45, 2.75) is 36.2 Å². The molecular weight excluding hydrogens is 430 g/mol. The second-order valence-electron chi connectivity index (χ2n) is 6.11. The van der Waals surface area contributed by atoms with Crippen LogP contribution in [0.2, 0.25) is 20.1 Å². The predicted octanol–water partition coefficient (Wildman–Crippen LogP) is 4.48. The summed E-state index contributed by atoms with van der Waals surface area (Å²) in [4.78, 5) is 11.2. The van der Waals surface area contributed by atoms with Crippen LogP contribution in [0.5, 0.6) is 11.5 Å². The van der Waals surface area contributed by atoms with E-state index in [9.17, 15) is 4.79 Å². The van der Waals surface area contributed by atoms with E-state index >= 15 is 0 Å². The molecular formula is C15H12Cl4N2O3S. The van der Waals surface area contributed by atoms with Gasteiger partial charge in [0.25, 0.3) is 5.91 Å². The first kappa shape index (κ1) is 17.7. The lowest BCUT2D eigenvalue weighted by molar-refractivity contribution is -0.123. The zero-order valence-corrected chi connectivity index (χ0v) is 16.5. The molecule has 3 aliphatic rings. The second-order valence-corrected chi connectivity index (χ2v) is 8.93. The van der Waals surface area contributed by atoms with Gasteiger partial charge in [-0.15, -0.1) is 0 Å². The van der Waals surface area contributed by atoms with E-state index in [-0.39, 0.29) is 42.2 Å². The summed E-state index contributed by atoms with van der Waals surface area (Å²) in [5.41, 5.74) is 10.8. The van der Waals surface area contributed by atoms with Crippen LogP contribution >= 0.6 is 58.2 Å². The fourth-order valence-corrected chi connectivity index (χ4v) is 6.17. The molecule has 0 bridgehead atoms. The number of primary amides is 1. The highest BCUT2D eigenvalue weighted by Crippen LogP contribution is 2.66. The number of carbonyl (C=O) groups is 1. The summed E-state index contributed by atoms with van der Waals surface area (Å²) in [7, 11) is 0. The smallest absolute Gasteiger partial charge is 0.251 e. The molecule has 1 aromatic rings. The molecule has 10 heteroatoms. The van der Waals surface area contributed by atoms with Gasteiger partial charge >= 0.3 is 0 Å². The molecule has 4 N–H and O–H groups in total. The third-order valence-electron chi connectivity index (χ3n) is 4.80. The molecule has 1 aromatic carbocycles. The molecule has 0 aromatic heterocycles. The van der Waals surface area contributed by atoms with Gasteiger partial charge in [-0.05, 0) is 19.3 Å². The zero-order valence-electron chi connectivity index (χ0n) is 12.6. The Morgan fingerprint density at radius 1 is 0.960 bits per heavy atom. The lowest BCUT2D eigenvalue weighted by Gasteiger charge is -2.51. The summed E-state index contributed by atoms with van der Waals surface area (Å²) in [5, 5.41) is 0.588. The topological polar surface area (TPSA) is 87.6 Å². The number of rotatable bonds is 1. The Morgan fingerprint density at radius 2 is 1.52 bits per heavy atom. The summed E-state index contributed by atoms with van der Waals surface area (Å²) in [6.07, 6.45) is 2.80. The SMILES string of the molecule is NC(=O)C1=C(N)SC23CCCCC12Oc1c(Cl)c(Cl)c(Cl)c(Cl)c1O3. The molecule has 1 fully saturated rings. The Bertz CT molecular complexity index is 862. The fourth-order valence-electron chi connectivity index (χ4n) is 3.77. The minimum absolute atomic E-state index is 0.0543. The summed E-state index contributed by atoms with van der Waals surface area (Å²) < 4.78 is 12.6. The summed E-state index contributed by atoms with van der Waals surface area (Å²) in [6, 6.07) is 0. The van der Waals surface area contributed by atoms with E-state index in [0.29, 0.717) is 12.8 Å². The lowest BCUT2D eigenvalue weighted by Crippen LogP contribution is -2.63. The maximum absolute atomic E-state index is 12.1. The van der Waals surface area contributed by atoms with Crippen LogP contribution in [0.1, 0.15) is 25.7 Å². The molecule has 4 rings (SSSR count). The molecule has 0 spiro atoms. The molecule has 0 saturated heterocycles. The minimum Gasteiger partial charge on any atom is -0.471 e. The highest BCUT2D eigenvalue weighted by atomic mass is 35.5. The van der Waals surface area contributed by atoms with Crippen LogP contribution in [0.25, 0.3) is 0 Å². The van der Waals surface area contributed by atoms with Gasteiger partial charge in [0.05, 0.1) is 20.6 Å². The largest absolute Gasteiger partial charge is 0.471 e. The highest BCUT2D eigenvalue weighted by Gasteiger charge is 2.69. The minimum atomic E-state index is -1.14. The number of halogens is 4. The van der Waals surface area contributed by atoms with Crippen molar-refractivity contribution in [1.82, 2.24) is 0 Å². The number of amides is 1. The van der Waals surface area contributed by atoms with Crippen LogP contribution in [-0.2, 0) is 4.79 Å². The van der Waals surface area contributed by atoms with Crippen LogP contribution in [0.3, 0.4) is 0 Å². The monoisotopic (exact) mass is 440 g/mol. The Morgan fingerprint density at radius 3 is 2.12 bits per heavy atom. The fraction of sp³-hybridized carbons (Fsp3) is 0.400. The van der Waals surface area contributed by atoms with Crippen molar-refractivity contribution >= 4 is 64.1 Å². The first-order valence-corrected chi connectivity index (χ1v) is 9.80. The average Bonchev–Trinajstić information content (AvgIpc) is 2.84. The Labute approximate surface area is 167 Å². The third-order valence-corrected chi connectivity index (χ3v) is 7.94. The van der Waals surface area contributed by atoms with E-state index in [4.69, 9.17) is 67.3 Å². The van der Waals surface area contributed by atoms with Crippen LogP contribution in [0, 0.1) is 0 Å². The molecule has 1 amide bonds. The van der Waals surface area contributed by atoms with Gasteiger partial charge in [-0.1, -0.05) is 58.2 Å². The molecule has 1 saturated carbocycles. The Kier molecular flexibility index (Phi) is 4.02. The van der Waals surface area contributed by atoms with Crippen LogP contribution in [-0.4, -0.2) is 16.4 Å². The van der Waals surface area contributed by atoms with Gasteiger partial charge < -0.3 is 20.9 Å². The van der Waals surface area contributed by atoms with Crippen LogP contribution in [0.4, 0.5) is 0 Å². The first-order valence-electron chi connectivity index (χ1n) is 7.47. The molecule has 2 heterocycles. The van der Waals surface area contributed by atoms with Gasteiger partial charge in [0.15, 0.2) is 17.1 Å². The van der Waals surface area contributed by atoms with E-state index < -0.39 is 16.4 Å². The summed E-state index contributed by atoms with van der Waals surface area (Å²) in [6.45, 7) is 0. The van der Waals surface area contributed by atoms with Gasteiger partial charge in [0, 0.05) is 6.42 Å². The van der Waals surface area contributed by atoms with Crippen molar-refractivity contribution in [1.29, 1.82) is 0 Å². The lowest BCUT2D eigenvalue weighted by atomic mass is 9.75. The zero-order chi connectivity index (χ0) is 18.1. The number of hydrogen-bond acceptors (Lipinski definition) is 5. The summed E-state index contributed by atoms with van der Waals surface area (Å²) >= 11 is 26.1. The number of ether oxygens (including phenoxy) is 2. The van der Waals surface area contributed by atoms with Gasteiger partial charge in [0.2, 0.25) is 4.93 Å².